The molecule has 0 unspecified atom stereocenters. The zero-order chi connectivity index (χ0) is 11.6. The highest BCUT2D eigenvalue weighted by atomic mass is 16.1. The van der Waals surface area contributed by atoms with E-state index < -0.39 is 0 Å². The maximum absolute atomic E-state index is 11.3. The monoisotopic (exact) mass is 202 g/mol. The average Bonchev–Trinajstić information content (AvgIpc) is 2.19. The first kappa shape index (κ1) is 11.7. The van der Waals surface area contributed by atoms with Crippen LogP contribution in [-0.2, 0) is 4.79 Å². The molecule has 80 valence electrons. The van der Waals surface area contributed by atoms with Crippen molar-refractivity contribution in [3.05, 3.63) is 40.5 Å². The van der Waals surface area contributed by atoms with Crippen LogP contribution in [0.3, 0.4) is 0 Å². The Bertz CT molecular complexity index is 425. The normalized spacial score (nSPS) is 12.3. The van der Waals surface area contributed by atoms with Crippen LogP contribution in [0.1, 0.15) is 37.5 Å². The molecular weight excluding hydrogens is 184 g/mol. The predicted molar refractivity (Wildman–Crippen MR) is 64.9 cm³/mol. The zero-order valence-electron chi connectivity index (χ0n) is 10.1. The van der Waals surface area contributed by atoms with Gasteiger partial charge in [-0.05, 0) is 56.9 Å². The van der Waals surface area contributed by atoms with Crippen molar-refractivity contribution in [3.8, 4) is 0 Å². The Balaban J connectivity index is 3.33. The smallest absolute Gasteiger partial charge is 0.155 e. The van der Waals surface area contributed by atoms with E-state index in [1.807, 2.05) is 13.8 Å². The van der Waals surface area contributed by atoms with Crippen LogP contribution in [0.15, 0.2) is 23.8 Å². The van der Waals surface area contributed by atoms with Crippen molar-refractivity contribution in [1.29, 1.82) is 0 Å². The summed E-state index contributed by atoms with van der Waals surface area (Å²) in [5.41, 5.74) is 5.57. The van der Waals surface area contributed by atoms with Crippen molar-refractivity contribution in [2.45, 2.75) is 34.6 Å². The molecule has 0 amide bonds. The van der Waals surface area contributed by atoms with Crippen molar-refractivity contribution in [3.63, 3.8) is 0 Å². The predicted octanol–water partition coefficient (Wildman–Crippen LogP) is 3.69. The van der Waals surface area contributed by atoms with Gasteiger partial charge in [-0.2, -0.15) is 0 Å². The van der Waals surface area contributed by atoms with Gasteiger partial charge >= 0.3 is 0 Å². The van der Waals surface area contributed by atoms with Crippen LogP contribution in [0.5, 0.6) is 0 Å². The number of benzene rings is 1. The molecule has 0 aliphatic rings. The minimum Gasteiger partial charge on any atom is -0.295 e. The summed E-state index contributed by atoms with van der Waals surface area (Å²) in [7, 11) is 0. The molecule has 0 aliphatic heterocycles. The van der Waals surface area contributed by atoms with Crippen molar-refractivity contribution in [2.24, 2.45) is 0 Å². The largest absolute Gasteiger partial charge is 0.295 e. The highest BCUT2D eigenvalue weighted by Gasteiger charge is 2.07. The second kappa shape index (κ2) is 4.43. The zero-order valence-corrected chi connectivity index (χ0v) is 10.1. The number of carbonyl (C=O) groups excluding carboxylic acids is 1. The van der Waals surface area contributed by atoms with Gasteiger partial charge < -0.3 is 0 Å². The van der Waals surface area contributed by atoms with Crippen molar-refractivity contribution in [1.82, 2.24) is 0 Å². The molecule has 1 nitrogen and oxygen atoms in total. The molecule has 0 atom stereocenters. The van der Waals surface area contributed by atoms with Gasteiger partial charge in [0.25, 0.3) is 0 Å². The quantitative estimate of drug-likeness (QED) is 0.668. The summed E-state index contributed by atoms with van der Waals surface area (Å²) < 4.78 is 0. The average molecular weight is 202 g/mol. The van der Waals surface area contributed by atoms with Crippen LogP contribution in [0.4, 0.5) is 0 Å². The van der Waals surface area contributed by atoms with Gasteiger partial charge in [-0.25, -0.2) is 0 Å². The highest BCUT2D eigenvalue weighted by molar-refractivity contribution is 6.00. The Labute approximate surface area is 91.8 Å². The molecule has 0 fully saturated rings. The number of Topliss-reactive ketones (excluding diaryl/α,β-unsaturated/α-hetero) is 1. The fourth-order valence-corrected chi connectivity index (χ4v) is 1.61. The van der Waals surface area contributed by atoms with E-state index in [2.05, 4.69) is 32.0 Å². The molecule has 1 aromatic rings. The fraction of sp³-hybridized carbons (Fsp3) is 0.357. The number of hydrogen-bond donors (Lipinski definition) is 0. The minimum atomic E-state index is 0.147. The molecule has 0 radical (unpaired) electrons. The van der Waals surface area contributed by atoms with Gasteiger partial charge in [0.2, 0.25) is 0 Å². The molecule has 0 heterocycles. The third kappa shape index (κ3) is 2.56. The van der Waals surface area contributed by atoms with E-state index in [1.165, 1.54) is 16.7 Å². The van der Waals surface area contributed by atoms with E-state index >= 15 is 0 Å². The van der Waals surface area contributed by atoms with E-state index in [4.69, 9.17) is 0 Å². The minimum absolute atomic E-state index is 0.147. The Hall–Kier alpha value is -1.37. The second-order valence-corrected chi connectivity index (χ2v) is 4.12. The lowest BCUT2D eigenvalue weighted by Crippen LogP contribution is -1.97. The standard InChI is InChI=1S/C14H18O/c1-9-6-7-10(2)14(8-9)12(4)11(3)13(5)15/h6-8H,1-5H3/b12-11-. The van der Waals surface area contributed by atoms with Crippen molar-refractivity contribution >= 4 is 11.4 Å². The first-order valence-corrected chi connectivity index (χ1v) is 5.19. The maximum atomic E-state index is 11.3. The molecule has 1 aromatic carbocycles. The van der Waals surface area contributed by atoms with E-state index in [9.17, 15) is 4.79 Å². The Morgan fingerprint density at radius 1 is 1.07 bits per heavy atom. The Morgan fingerprint density at radius 2 is 1.67 bits per heavy atom. The molecule has 0 saturated carbocycles. The lowest BCUT2D eigenvalue weighted by molar-refractivity contribution is -0.113. The summed E-state index contributed by atoms with van der Waals surface area (Å²) >= 11 is 0. The SMILES string of the molecule is CC(=O)/C(C)=C(/C)c1cc(C)ccc1C. The third-order valence-corrected chi connectivity index (χ3v) is 2.89. The number of allylic oxidation sites excluding steroid dienone is 2. The first-order chi connectivity index (χ1) is 6.93. The van der Waals surface area contributed by atoms with Gasteiger partial charge in [-0.3, -0.25) is 4.79 Å². The Morgan fingerprint density at radius 3 is 2.20 bits per heavy atom. The van der Waals surface area contributed by atoms with E-state index in [1.54, 1.807) is 6.92 Å². The molecule has 15 heavy (non-hydrogen) atoms. The summed E-state index contributed by atoms with van der Waals surface area (Å²) in [4.78, 5) is 11.3. The number of ketones is 1. The summed E-state index contributed by atoms with van der Waals surface area (Å²) in [6.07, 6.45) is 0. The lowest BCUT2D eigenvalue weighted by Gasteiger charge is -2.10. The van der Waals surface area contributed by atoms with E-state index in [0.29, 0.717) is 0 Å². The summed E-state index contributed by atoms with van der Waals surface area (Å²) in [5, 5.41) is 0. The first-order valence-electron chi connectivity index (χ1n) is 5.19. The van der Waals surface area contributed by atoms with Crippen LogP contribution in [0.2, 0.25) is 0 Å². The molecular formula is C14H18O. The molecule has 0 bridgehead atoms. The number of hydrogen-bond acceptors (Lipinski definition) is 1. The number of aryl methyl sites for hydroxylation is 2. The second-order valence-electron chi connectivity index (χ2n) is 4.12. The molecule has 0 N–H and O–H groups in total. The van der Waals surface area contributed by atoms with Crippen LogP contribution >= 0.6 is 0 Å². The molecule has 0 spiro atoms. The highest BCUT2D eigenvalue weighted by Crippen LogP contribution is 2.23. The van der Waals surface area contributed by atoms with Gasteiger partial charge in [-0.1, -0.05) is 23.8 Å². The molecule has 0 aliphatic carbocycles. The summed E-state index contributed by atoms with van der Waals surface area (Å²) in [6, 6.07) is 6.33. The van der Waals surface area contributed by atoms with Crippen molar-refractivity contribution < 1.29 is 4.79 Å². The molecule has 0 aromatic heterocycles. The number of carbonyl (C=O) groups is 1. The molecule has 1 heteroatoms. The number of rotatable bonds is 2. The fourth-order valence-electron chi connectivity index (χ4n) is 1.61. The van der Waals surface area contributed by atoms with Gasteiger partial charge in [0.05, 0.1) is 0 Å². The maximum Gasteiger partial charge on any atom is 0.155 e. The van der Waals surface area contributed by atoms with Gasteiger partial charge in [0, 0.05) is 0 Å². The lowest BCUT2D eigenvalue weighted by atomic mass is 9.95. The van der Waals surface area contributed by atoms with Crippen molar-refractivity contribution in [2.75, 3.05) is 0 Å². The summed E-state index contributed by atoms with van der Waals surface area (Å²) in [5.74, 6) is 0.147. The Kier molecular flexibility index (Phi) is 3.46. The van der Waals surface area contributed by atoms with Crippen LogP contribution in [0.25, 0.3) is 5.57 Å². The van der Waals surface area contributed by atoms with E-state index in [-0.39, 0.29) is 5.78 Å². The van der Waals surface area contributed by atoms with Gasteiger partial charge in [-0.15, -0.1) is 0 Å². The topological polar surface area (TPSA) is 17.1 Å². The van der Waals surface area contributed by atoms with Gasteiger partial charge in [0.15, 0.2) is 5.78 Å². The molecule has 1 rings (SSSR count). The molecule has 0 saturated heterocycles. The van der Waals surface area contributed by atoms with E-state index in [0.717, 1.165) is 11.1 Å². The summed E-state index contributed by atoms with van der Waals surface area (Å²) in [6.45, 7) is 9.66. The van der Waals surface area contributed by atoms with Crippen LogP contribution < -0.4 is 0 Å². The van der Waals surface area contributed by atoms with Gasteiger partial charge in [0.1, 0.15) is 0 Å². The van der Waals surface area contributed by atoms with Crippen LogP contribution in [0, 0.1) is 13.8 Å². The third-order valence-electron chi connectivity index (χ3n) is 2.89. The van der Waals surface area contributed by atoms with Crippen LogP contribution in [-0.4, -0.2) is 5.78 Å².